The van der Waals surface area contributed by atoms with Gasteiger partial charge in [0, 0.05) is 27.7 Å². The number of carbonyl (C=O) groups is 4. The largest absolute Gasteiger partial charge is 0.463 e. The normalized spacial score (nSPS) is 38.9. The van der Waals surface area contributed by atoms with Crippen LogP contribution in [0.5, 0.6) is 0 Å². The maximum atomic E-state index is 12.4. The van der Waals surface area contributed by atoms with Gasteiger partial charge in [-0.3, -0.25) is 19.2 Å². The van der Waals surface area contributed by atoms with E-state index in [9.17, 15) is 19.2 Å². The van der Waals surface area contributed by atoms with Crippen molar-refractivity contribution in [3.8, 4) is 0 Å². The van der Waals surface area contributed by atoms with Gasteiger partial charge in [-0.15, -0.1) is 0 Å². The van der Waals surface area contributed by atoms with Crippen LogP contribution in [0.4, 0.5) is 0 Å². The second kappa shape index (κ2) is 16.9. The minimum atomic E-state index is -1.23. The molecule has 1 aliphatic heterocycles. The van der Waals surface area contributed by atoms with Crippen molar-refractivity contribution in [1.29, 1.82) is 0 Å². The molecule has 1 heterocycles. The van der Waals surface area contributed by atoms with Gasteiger partial charge in [-0.05, 0) is 97.7 Å². The van der Waals surface area contributed by atoms with Crippen molar-refractivity contribution in [3.05, 3.63) is 11.6 Å². The van der Waals surface area contributed by atoms with Crippen LogP contribution < -0.4 is 0 Å². The Kier molecular flexibility index (Phi) is 13.2. The first-order valence-electron chi connectivity index (χ1n) is 20.3. The summed E-state index contributed by atoms with van der Waals surface area (Å²) in [5.74, 6) is 2.09. The topological polar surface area (TPSA) is 124 Å². The maximum Gasteiger partial charge on any atom is 0.303 e. The minimum absolute atomic E-state index is 0.102. The van der Waals surface area contributed by atoms with E-state index in [-0.39, 0.29) is 18.1 Å². The molecule has 0 aromatic heterocycles. The van der Waals surface area contributed by atoms with Crippen molar-refractivity contribution < 1.29 is 47.6 Å². The Hall–Kier alpha value is -2.46. The molecular formula is C42H66O10. The van der Waals surface area contributed by atoms with Crippen LogP contribution in [-0.2, 0) is 47.6 Å². The predicted octanol–water partition coefficient (Wildman–Crippen LogP) is 7.89. The molecule has 4 unspecified atom stereocenters. The molecule has 0 aromatic rings. The Morgan fingerprint density at radius 1 is 0.808 bits per heavy atom. The zero-order valence-electron chi connectivity index (χ0n) is 33.3. The van der Waals surface area contributed by atoms with E-state index in [2.05, 4.69) is 40.7 Å². The van der Waals surface area contributed by atoms with Gasteiger partial charge in [0.25, 0.3) is 0 Å². The summed E-state index contributed by atoms with van der Waals surface area (Å²) in [5, 5.41) is 0. The highest BCUT2D eigenvalue weighted by molar-refractivity contribution is 5.68. The smallest absolute Gasteiger partial charge is 0.303 e. The lowest BCUT2D eigenvalue weighted by Crippen LogP contribution is -2.63. The summed E-state index contributed by atoms with van der Waals surface area (Å²) in [6.45, 7) is 17.0. The monoisotopic (exact) mass is 730 g/mol. The molecule has 10 heteroatoms. The molecule has 0 radical (unpaired) electrons. The van der Waals surface area contributed by atoms with Crippen molar-refractivity contribution in [2.24, 2.45) is 46.3 Å². The summed E-state index contributed by atoms with van der Waals surface area (Å²) in [6.07, 6.45) is 10.7. The molecule has 0 spiro atoms. The Morgan fingerprint density at radius 3 is 2.10 bits per heavy atom. The SMILES string of the molecule is CCC(CC)CCC(C)[C@H]1CCC2C3CC=C4C[C@@H](O[C@@H]5O[C@H](COC(C)=O)[C@@H](OC(C)=O)[C@H](OC(C)=O)[C@H]5OC(C)=O)CC[C@]4(C)C3CC[C@@]21C. The van der Waals surface area contributed by atoms with E-state index in [1.807, 2.05) is 0 Å². The van der Waals surface area contributed by atoms with Crippen molar-refractivity contribution in [2.75, 3.05) is 6.61 Å². The van der Waals surface area contributed by atoms with Gasteiger partial charge in [0.15, 0.2) is 24.6 Å². The second-order valence-corrected chi connectivity index (χ2v) is 17.3. The summed E-state index contributed by atoms with van der Waals surface area (Å²) >= 11 is 0. The molecule has 5 aliphatic rings. The van der Waals surface area contributed by atoms with Gasteiger partial charge in [-0.2, -0.15) is 0 Å². The molecule has 0 amide bonds. The summed E-state index contributed by atoms with van der Waals surface area (Å²) in [5.41, 5.74) is 1.96. The van der Waals surface area contributed by atoms with E-state index in [0.29, 0.717) is 17.3 Å². The van der Waals surface area contributed by atoms with Crippen LogP contribution in [0.15, 0.2) is 11.6 Å². The fraction of sp³-hybridized carbons (Fsp3) is 0.857. The van der Waals surface area contributed by atoms with Crippen LogP contribution in [0, 0.1) is 46.3 Å². The van der Waals surface area contributed by atoms with Gasteiger partial charge in [-0.1, -0.05) is 72.0 Å². The highest BCUT2D eigenvalue weighted by atomic mass is 16.7. The van der Waals surface area contributed by atoms with Crippen LogP contribution in [0.25, 0.3) is 0 Å². The average Bonchev–Trinajstić information content (AvgIpc) is 3.43. The summed E-state index contributed by atoms with van der Waals surface area (Å²) in [4.78, 5) is 48.5. The molecule has 4 aliphatic carbocycles. The Balaban J connectivity index is 1.32. The molecule has 0 bridgehead atoms. The highest BCUT2D eigenvalue weighted by Gasteiger charge is 2.60. The van der Waals surface area contributed by atoms with Crippen LogP contribution >= 0.6 is 0 Å². The average molecular weight is 731 g/mol. The summed E-state index contributed by atoms with van der Waals surface area (Å²) in [7, 11) is 0. The third kappa shape index (κ3) is 8.58. The third-order valence-electron chi connectivity index (χ3n) is 14.3. The molecule has 3 saturated carbocycles. The molecule has 294 valence electrons. The van der Waals surface area contributed by atoms with Crippen molar-refractivity contribution in [1.82, 2.24) is 0 Å². The highest BCUT2D eigenvalue weighted by Crippen LogP contribution is 2.67. The minimum Gasteiger partial charge on any atom is -0.463 e. The lowest BCUT2D eigenvalue weighted by Gasteiger charge is -2.58. The second-order valence-electron chi connectivity index (χ2n) is 17.3. The first kappa shape index (κ1) is 40.7. The molecule has 13 atom stereocenters. The molecule has 10 nitrogen and oxygen atoms in total. The standard InChI is InChI=1S/C42H66O10/c1-10-29(11-2)13-12-24(3)33-16-17-34-32-15-14-30-22-31(18-20-41(30,8)35(32)19-21-42(33,34)9)51-40-39(50-28(7)46)38(49-27(6)45)37(48-26(5)44)36(52-40)23-47-25(4)43/h14,24,29,31-40H,10-13,15-23H2,1-9H3/t24?,31-,32?,33+,34?,35?,36+,37+,38-,39+,40+,41-,42+/m0/s1. The van der Waals surface area contributed by atoms with E-state index in [1.165, 1.54) is 84.6 Å². The molecular weight excluding hydrogens is 664 g/mol. The van der Waals surface area contributed by atoms with Crippen LogP contribution in [-0.4, -0.2) is 67.3 Å². The first-order chi connectivity index (χ1) is 24.6. The molecule has 0 aromatic carbocycles. The number of hydrogen-bond acceptors (Lipinski definition) is 10. The fourth-order valence-corrected chi connectivity index (χ4v) is 11.6. The Labute approximate surface area is 311 Å². The molecule has 52 heavy (non-hydrogen) atoms. The third-order valence-corrected chi connectivity index (χ3v) is 14.3. The quantitative estimate of drug-likeness (QED) is 0.105. The fourth-order valence-electron chi connectivity index (χ4n) is 11.6. The van der Waals surface area contributed by atoms with Crippen molar-refractivity contribution >= 4 is 23.9 Å². The first-order valence-corrected chi connectivity index (χ1v) is 20.3. The van der Waals surface area contributed by atoms with Crippen LogP contribution in [0.2, 0.25) is 0 Å². The zero-order valence-corrected chi connectivity index (χ0v) is 33.3. The number of hydrogen-bond donors (Lipinski definition) is 0. The molecule has 0 N–H and O–H groups in total. The lowest BCUT2D eigenvalue weighted by atomic mass is 9.47. The lowest BCUT2D eigenvalue weighted by molar-refractivity contribution is -0.318. The van der Waals surface area contributed by atoms with E-state index in [1.54, 1.807) is 0 Å². The summed E-state index contributed by atoms with van der Waals surface area (Å²) in [6, 6.07) is 0. The van der Waals surface area contributed by atoms with Crippen molar-refractivity contribution in [2.45, 2.75) is 176 Å². The van der Waals surface area contributed by atoms with Gasteiger partial charge in [0.2, 0.25) is 0 Å². The molecule has 5 rings (SSSR count). The number of rotatable bonds is 13. The van der Waals surface area contributed by atoms with Gasteiger partial charge in [-0.25, -0.2) is 0 Å². The number of esters is 4. The molecule has 4 fully saturated rings. The van der Waals surface area contributed by atoms with Crippen molar-refractivity contribution in [3.63, 3.8) is 0 Å². The van der Waals surface area contributed by atoms with Gasteiger partial charge >= 0.3 is 23.9 Å². The Morgan fingerprint density at radius 2 is 1.46 bits per heavy atom. The van der Waals surface area contributed by atoms with E-state index < -0.39 is 54.6 Å². The Bertz CT molecular complexity index is 1320. The van der Waals surface area contributed by atoms with E-state index in [0.717, 1.165) is 49.4 Å². The number of carbonyl (C=O) groups excluding carboxylic acids is 4. The van der Waals surface area contributed by atoms with Gasteiger partial charge < -0.3 is 28.4 Å². The molecule has 1 saturated heterocycles. The zero-order chi connectivity index (χ0) is 38.0. The van der Waals surface area contributed by atoms with Gasteiger partial charge in [0.1, 0.15) is 12.7 Å². The summed E-state index contributed by atoms with van der Waals surface area (Å²) < 4.78 is 35.0. The van der Waals surface area contributed by atoms with Crippen LogP contribution in [0.1, 0.15) is 139 Å². The number of fused-ring (bicyclic) bond motifs is 5. The van der Waals surface area contributed by atoms with Gasteiger partial charge in [0.05, 0.1) is 6.10 Å². The van der Waals surface area contributed by atoms with E-state index in [4.69, 9.17) is 28.4 Å². The number of allylic oxidation sites excluding steroid dienone is 1. The predicted molar refractivity (Wildman–Crippen MR) is 194 cm³/mol. The number of ether oxygens (including phenoxy) is 6. The van der Waals surface area contributed by atoms with Crippen LogP contribution in [0.3, 0.4) is 0 Å². The van der Waals surface area contributed by atoms with E-state index >= 15 is 0 Å². The maximum absolute atomic E-state index is 12.4.